The molecule has 0 fully saturated rings. The van der Waals surface area contributed by atoms with Crippen LogP contribution in [0.3, 0.4) is 0 Å². The van der Waals surface area contributed by atoms with Crippen molar-refractivity contribution in [1.29, 1.82) is 0 Å². The number of fused-ring (bicyclic) bond motifs is 18. The molecule has 0 saturated heterocycles. The fourth-order valence-electron chi connectivity index (χ4n) is 12.6. The van der Waals surface area contributed by atoms with Crippen molar-refractivity contribution in [3.63, 3.8) is 0 Å². The molecule has 0 aliphatic heterocycles. The van der Waals surface area contributed by atoms with Crippen molar-refractivity contribution >= 4 is 88.8 Å². The summed E-state index contributed by atoms with van der Waals surface area (Å²) < 4.78 is 13.2. The molecule has 11 aromatic carbocycles. The van der Waals surface area contributed by atoms with E-state index in [0.717, 1.165) is 78.0 Å². The zero-order valence-corrected chi connectivity index (χ0v) is 39.2. The molecule has 0 saturated carbocycles. The van der Waals surface area contributed by atoms with E-state index in [-0.39, 0.29) is 0 Å². The van der Waals surface area contributed by atoms with Gasteiger partial charge in [-0.2, -0.15) is 0 Å². The second-order valence-corrected chi connectivity index (χ2v) is 19.2. The van der Waals surface area contributed by atoms with Crippen LogP contribution in [0.4, 0.5) is 34.1 Å². The van der Waals surface area contributed by atoms with Gasteiger partial charge in [-0.25, -0.2) is 0 Å². The molecule has 2 aromatic heterocycles. The second-order valence-electron chi connectivity index (χ2n) is 19.2. The highest BCUT2D eigenvalue weighted by Crippen LogP contribution is 2.66. The van der Waals surface area contributed by atoms with Crippen molar-refractivity contribution < 1.29 is 8.83 Å². The number of anilines is 6. The highest BCUT2D eigenvalue weighted by Gasteiger charge is 2.53. The van der Waals surface area contributed by atoms with Crippen molar-refractivity contribution in [2.45, 2.75) is 19.3 Å². The van der Waals surface area contributed by atoms with Crippen LogP contribution in [0.15, 0.2) is 239 Å². The third-order valence-corrected chi connectivity index (χ3v) is 15.5. The average Bonchev–Trinajstić information content (AvgIpc) is 4.17. The average molecular weight is 909 g/mol. The van der Waals surface area contributed by atoms with Gasteiger partial charge in [0.1, 0.15) is 22.3 Å². The first-order valence-electron chi connectivity index (χ1n) is 24.5. The Balaban J connectivity index is 1.07. The Bertz CT molecular complexity index is 4320. The van der Waals surface area contributed by atoms with Crippen LogP contribution in [0.2, 0.25) is 0 Å². The molecule has 0 radical (unpaired) electrons. The third kappa shape index (κ3) is 5.45. The van der Waals surface area contributed by atoms with Crippen LogP contribution in [-0.4, -0.2) is 0 Å². The van der Waals surface area contributed by atoms with E-state index in [1.54, 1.807) is 0 Å². The van der Waals surface area contributed by atoms with Crippen LogP contribution in [0.5, 0.6) is 0 Å². The molecule has 71 heavy (non-hydrogen) atoms. The molecule has 0 atom stereocenters. The van der Waals surface area contributed by atoms with Gasteiger partial charge >= 0.3 is 0 Å². The molecule has 2 aliphatic carbocycles. The standard InChI is InChI=1S/C67H44N2O2/c1-41-19-3-13-29-55(41)68(57-31-17-35-62-65(57)49-25-9-15-33-60(49)70-62)43-37-38-48-53(39-43)67(51-27-11-7-21-44(51)45-22-8-12-28-52(45)67)54-40-59(46-23-5-6-24-47(46)64(48)54)69(56-30-14-4-20-42(56)2)58-32-18-36-63-66(58)50-26-10-16-34-61(50)71-63/h3-40H,1-2H3. The monoisotopic (exact) mass is 908 g/mol. The summed E-state index contributed by atoms with van der Waals surface area (Å²) in [4.78, 5) is 4.97. The number of benzene rings is 11. The topological polar surface area (TPSA) is 32.8 Å². The Morgan fingerprint density at radius 3 is 1.38 bits per heavy atom. The van der Waals surface area contributed by atoms with E-state index in [2.05, 4.69) is 248 Å². The summed E-state index contributed by atoms with van der Waals surface area (Å²) in [7, 11) is 0. The predicted octanol–water partition coefficient (Wildman–Crippen LogP) is 18.5. The molecule has 0 unspecified atom stereocenters. The van der Waals surface area contributed by atoms with E-state index in [0.29, 0.717) is 0 Å². The Morgan fingerprint density at radius 1 is 0.310 bits per heavy atom. The summed E-state index contributed by atoms with van der Waals surface area (Å²) >= 11 is 0. The number of furan rings is 2. The van der Waals surface area contributed by atoms with Crippen LogP contribution < -0.4 is 9.80 Å². The van der Waals surface area contributed by atoms with Gasteiger partial charge in [-0.1, -0.05) is 164 Å². The van der Waals surface area contributed by atoms with Gasteiger partial charge in [0.15, 0.2) is 0 Å². The van der Waals surface area contributed by atoms with Crippen LogP contribution >= 0.6 is 0 Å². The van der Waals surface area contributed by atoms with Gasteiger partial charge in [-0.3, -0.25) is 0 Å². The van der Waals surface area contributed by atoms with Crippen LogP contribution in [-0.2, 0) is 5.41 Å². The molecular formula is C67H44N2O2. The van der Waals surface area contributed by atoms with Crippen molar-refractivity contribution in [2.24, 2.45) is 0 Å². The lowest BCUT2D eigenvalue weighted by Crippen LogP contribution is -2.26. The van der Waals surface area contributed by atoms with Crippen LogP contribution in [0, 0.1) is 13.8 Å². The SMILES string of the molecule is Cc1ccccc1N(c1ccc2c(c1)C1(c3ccccc3-c3ccccc31)c1cc(N(c3ccccc3C)c3cccc4oc5ccccc5c34)c3ccccc3c1-2)c1cccc2oc3ccccc3c12. The number of para-hydroxylation sites is 4. The quantitative estimate of drug-likeness (QED) is 0.166. The van der Waals surface area contributed by atoms with E-state index in [4.69, 9.17) is 8.83 Å². The Labute approximate surface area is 410 Å². The number of nitrogens with zero attached hydrogens (tertiary/aromatic N) is 2. The lowest BCUT2D eigenvalue weighted by atomic mass is 9.70. The Morgan fingerprint density at radius 2 is 0.775 bits per heavy atom. The molecule has 0 N–H and O–H groups in total. The van der Waals surface area contributed by atoms with E-state index < -0.39 is 5.41 Å². The first kappa shape index (κ1) is 39.8. The molecule has 2 aliphatic rings. The zero-order valence-electron chi connectivity index (χ0n) is 39.2. The lowest BCUT2D eigenvalue weighted by Gasteiger charge is -2.34. The molecule has 13 aromatic rings. The first-order valence-corrected chi connectivity index (χ1v) is 24.5. The van der Waals surface area contributed by atoms with Gasteiger partial charge in [0, 0.05) is 33.2 Å². The van der Waals surface area contributed by atoms with Gasteiger partial charge in [-0.05, 0) is 142 Å². The maximum absolute atomic E-state index is 6.61. The minimum Gasteiger partial charge on any atom is -0.456 e. The number of hydrogen-bond acceptors (Lipinski definition) is 4. The van der Waals surface area contributed by atoms with Crippen molar-refractivity contribution in [2.75, 3.05) is 9.80 Å². The molecule has 334 valence electrons. The summed E-state index contributed by atoms with van der Waals surface area (Å²) in [6.07, 6.45) is 0. The molecule has 4 nitrogen and oxygen atoms in total. The molecular weight excluding hydrogens is 865 g/mol. The molecule has 0 bridgehead atoms. The predicted molar refractivity (Wildman–Crippen MR) is 294 cm³/mol. The third-order valence-electron chi connectivity index (χ3n) is 15.5. The van der Waals surface area contributed by atoms with E-state index >= 15 is 0 Å². The highest BCUT2D eigenvalue weighted by molar-refractivity contribution is 6.18. The van der Waals surface area contributed by atoms with E-state index in [1.165, 1.54) is 66.4 Å². The Kier molecular flexibility index (Phi) is 8.38. The summed E-state index contributed by atoms with van der Waals surface area (Å²) in [5.41, 5.74) is 21.8. The Hall–Kier alpha value is -9.12. The number of hydrogen-bond donors (Lipinski definition) is 0. The summed E-state index contributed by atoms with van der Waals surface area (Å²) in [5, 5.41) is 6.75. The summed E-state index contributed by atoms with van der Waals surface area (Å²) in [5.74, 6) is 0. The van der Waals surface area contributed by atoms with Gasteiger partial charge < -0.3 is 18.6 Å². The lowest BCUT2D eigenvalue weighted by molar-refractivity contribution is 0.668. The first-order chi connectivity index (χ1) is 35.1. The van der Waals surface area contributed by atoms with Crippen LogP contribution in [0.25, 0.3) is 76.9 Å². The molecule has 2 heterocycles. The smallest absolute Gasteiger partial charge is 0.137 e. The normalized spacial score (nSPS) is 13.0. The highest BCUT2D eigenvalue weighted by atomic mass is 16.3. The molecule has 15 rings (SSSR count). The number of aryl methyl sites for hydroxylation is 2. The van der Waals surface area contributed by atoms with Gasteiger partial charge in [-0.15, -0.1) is 0 Å². The van der Waals surface area contributed by atoms with Crippen molar-refractivity contribution in [1.82, 2.24) is 0 Å². The number of rotatable bonds is 6. The second kappa shape index (κ2) is 14.9. The molecule has 1 spiro atoms. The molecule has 0 amide bonds. The minimum atomic E-state index is -0.676. The van der Waals surface area contributed by atoms with Crippen LogP contribution in [0.1, 0.15) is 33.4 Å². The largest absolute Gasteiger partial charge is 0.456 e. The fourth-order valence-corrected chi connectivity index (χ4v) is 12.6. The minimum absolute atomic E-state index is 0.676. The van der Waals surface area contributed by atoms with Gasteiger partial charge in [0.2, 0.25) is 0 Å². The van der Waals surface area contributed by atoms with Crippen molar-refractivity contribution in [3.05, 3.63) is 264 Å². The maximum atomic E-state index is 6.61. The van der Waals surface area contributed by atoms with E-state index in [1.807, 2.05) is 6.07 Å². The van der Waals surface area contributed by atoms with Gasteiger partial charge in [0.25, 0.3) is 0 Å². The summed E-state index contributed by atoms with van der Waals surface area (Å²) in [6, 6.07) is 84.4. The van der Waals surface area contributed by atoms with Crippen molar-refractivity contribution in [3.8, 4) is 22.3 Å². The van der Waals surface area contributed by atoms with Gasteiger partial charge in [0.05, 0.1) is 33.2 Å². The van der Waals surface area contributed by atoms with E-state index in [9.17, 15) is 0 Å². The maximum Gasteiger partial charge on any atom is 0.137 e. The molecule has 4 heteroatoms. The summed E-state index contributed by atoms with van der Waals surface area (Å²) in [6.45, 7) is 4.44. The fraction of sp³-hybridized carbons (Fsp3) is 0.0448. The zero-order chi connectivity index (χ0) is 47.0.